The first-order valence-corrected chi connectivity index (χ1v) is 16.0. The predicted octanol–water partition coefficient (Wildman–Crippen LogP) is 6.15. The molecule has 8 nitrogen and oxygen atoms in total. The largest absolute Gasteiger partial charge is 0.459 e. The van der Waals surface area contributed by atoms with Crippen LogP contribution in [0.2, 0.25) is 0 Å². The van der Waals surface area contributed by atoms with Crippen LogP contribution in [-0.4, -0.2) is 59.7 Å². The van der Waals surface area contributed by atoms with Crippen molar-refractivity contribution in [3.63, 3.8) is 0 Å². The van der Waals surface area contributed by atoms with E-state index in [-0.39, 0.29) is 24.2 Å². The summed E-state index contributed by atoms with van der Waals surface area (Å²) in [5, 5.41) is 23.4. The molecule has 0 unspecified atom stereocenters. The molecule has 0 aromatic carbocycles. The Morgan fingerprint density at radius 2 is 1.76 bits per heavy atom. The van der Waals surface area contributed by atoms with Gasteiger partial charge in [-0.15, -0.1) is 0 Å². The molecule has 42 heavy (non-hydrogen) atoms. The molecule has 3 rings (SSSR count). The molecular formula is C34H54O8. The van der Waals surface area contributed by atoms with Gasteiger partial charge in [0.25, 0.3) is 0 Å². The van der Waals surface area contributed by atoms with E-state index in [9.17, 15) is 19.8 Å². The molecule has 0 radical (unpaired) electrons. The van der Waals surface area contributed by atoms with Crippen LogP contribution in [0.3, 0.4) is 0 Å². The highest BCUT2D eigenvalue weighted by atomic mass is 16.8. The van der Waals surface area contributed by atoms with Gasteiger partial charge in [-0.1, -0.05) is 89.7 Å². The molecule has 0 bridgehead atoms. The lowest BCUT2D eigenvalue weighted by Crippen LogP contribution is -2.68. The standard InChI is InChI=1S/C34H54O8/c1-8-11-12-13-14-15-16-17-28(37)41-29-23(5)33(7,19-18-22(4)9-2)27-21-25(36)20-26-31(39-10-3)42-32(40-24(6)35)34(26,27)30(29)38/h9,18,20,23,25,27,29-32,36,38H,2,8,10-17,19,21H2,1,3-7H3/b22-18-/t23-,25+,27+,29-,30+,31-,32-,33-,34-/m1/s1. The van der Waals surface area contributed by atoms with Crippen molar-refractivity contribution < 1.29 is 38.7 Å². The quantitative estimate of drug-likeness (QED) is 0.101. The van der Waals surface area contributed by atoms with E-state index in [0.717, 1.165) is 24.8 Å². The fourth-order valence-corrected chi connectivity index (χ4v) is 7.46. The SMILES string of the molecule is C=C/C(C)=C\C[C@]1(C)[C@H](C)[C@@H](OC(=O)CCCCCCCCC)[C@H](O)[C@@]23C(=C[C@H](O)C[C@@H]12)[C@H](OCC)O[C@H]3OC(C)=O. The number of aliphatic hydroxyl groups is 2. The zero-order valence-electron chi connectivity index (χ0n) is 26.6. The number of rotatable bonds is 15. The fraction of sp³-hybridized carbons (Fsp3) is 0.765. The van der Waals surface area contributed by atoms with Gasteiger partial charge in [0.2, 0.25) is 6.29 Å². The van der Waals surface area contributed by atoms with Gasteiger partial charge in [0.05, 0.1) is 11.5 Å². The molecule has 3 aliphatic rings. The average molecular weight is 591 g/mol. The summed E-state index contributed by atoms with van der Waals surface area (Å²) in [5.74, 6) is -1.57. The number of hydrogen-bond acceptors (Lipinski definition) is 8. The van der Waals surface area contributed by atoms with Gasteiger partial charge in [0.15, 0.2) is 6.29 Å². The lowest BCUT2D eigenvalue weighted by Gasteiger charge is -2.62. The zero-order valence-corrected chi connectivity index (χ0v) is 26.6. The second kappa shape index (κ2) is 15.1. The Kier molecular flexibility index (Phi) is 12.4. The van der Waals surface area contributed by atoms with E-state index in [1.807, 2.05) is 20.8 Å². The molecule has 2 fully saturated rings. The molecule has 1 saturated heterocycles. The highest BCUT2D eigenvalue weighted by Gasteiger charge is 2.73. The molecule has 238 valence electrons. The Bertz CT molecular complexity index is 1000. The molecule has 1 saturated carbocycles. The molecule has 1 spiro atoms. The molecule has 1 aliphatic heterocycles. The highest BCUT2D eigenvalue weighted by molar-refractivity contribution is 5.69. The molecule has 8 heteroatoms. The van der Waals surface area contributed by atoms with Crippen molar-refractivity contribution >= 4 is 11.9 Å². The molecular weight excluding hydrogens is 536 g/mol. The van der Waals surface area contributed by atoms with Crippen molar-refractivity contribution in [2.24, 2.45) is 22.7 Å². The maximum Gasteiger partial charge on any atom is 0.306 e. The number of unbranched alkanes of at least 4 members (excludes halogenated alkanes) is 6. The maximum absolute atomic E-state index is 13.2. The lowest BCUT2D eigenvalue weighted by molar-refractivity contribution is -0.277. The van der Waals surface area contributed by atoms with Crippen LogP contribution in [0.15, 0.2) is 36.0 Å². The van der Waals surface area contributed by atoms with Crippen molar-refractivity contribution in [1.29, 1.82) is 0 Å². The summed E-state index contributed by atoms with van der Waals surface area (Å²) in [6, 6.07) is 0. The topological polar surface area (TPSA) is 112 Å². The molecule has 2 N–H and O–H groups in total. The Labute approximate surface area is 252 Å². The molecule has 0 aromatic rings. The van der Waals surface area contributed by atoms with Crippen LogP contribution in [-0.2, 0) is 28.5 Å². The second-order valence-corrected chi connectivity index (χ2v) is 12.7. The van der Waals surface area contributed by atoms with Gasteiger partial charge in [-0.25, -0.2) is 0 Å². The normalized spacial score (nSPS) is 36.0. The summed E-state index contributed by atoms with van der Waals surface area (Å²) < 4.78 is 24.1. The third kappa shape index (κ3) is 7.03. The van der Waals surface area contributed by atoms with Gasteiger partial charge >= 0.3 is 11.9 Å². The van der Waals surface area contributed by atoms with Crippen LogP contribution in [0, 0.1) is 22.7 Å². The van der Waals surface area contributed by atoms with E-state index in [4.69, 9.17) is 18.9 Å². The minimum atomic E-state index is -1.27. The van der Waals surface area contributed by atoms with Crippen LogP contribution in [0.5, 0.6) is 0 Å². The number of esters is 2. The van der Waals surface area contributed by atoms with E-state index in [1.54, 1.807) is 12.2 Å². The maximum atomic E-state index is 13.2. The smallest absolute Gasteiger partial charge is 0.306 e. The van der Waals surface area contributed by atoms with E-state index < -0.39 is 47.7 Å². The Balaban J connectivity index is 2.01. The first-order valence-electron chi connectivity index (χ1n) is 16.0. The van der Waals surface area contributed by atoms with Crippen LogP contribution < -0.4 is 0 Å². The number of allylic oxidation sites excluding steroid dienone is 3. The monoisotopic (exact) mass is 590 g/mol. The minimum absolute atomic E-state index is 0.277. The summed E-state index contributed by atoms with van der Waals surface area (Å²) in [6.45, 7) is 15.6. The average Bonchev–Trinajstić information content (AvgIpc) is 3.24. The van der Waals surface area contributed by atoms with Gasteiger partial charge in [-0.2, -0.15) is 0 Å². The van der Waals surface area contributed by atoms with Crippen LogP contribution in [0.4, 0.5) is 0 Å². The fourth-order valence-electron chi connectivity index (χ4n) is 7.46. The number of ether oxygens (including phenoxy) is 4. The second-order valence-electron chi connectivity index (χ2n) is 12.7. The Hall–Kier alpha value is -2.00. The number of hydrogen-bond donors (Lipinski definition) is 2. The van der Waals surface area contributed by atoms with E-state index in [2.05, 4.69) is 26.5 Å². The summed E-state index contributed by atoms with van der Waals surface area (Å²) in [6.07, 6.45) is 9.27. The Morgan fingerprint density at radius 1 is 1.10 bits per heavy atom. The van der Waals surface area contributed by atoms with Crippen LogP contribution in [0.25, 0.3) is 0 Å². The first-order chi connectivity index (χ1) is 20.0. The third-order valence-electron chi connectivity index (χ3n) is 9.98. The minimum Gasteiger partial charge on any atom is -0.459 e. The molecule has 0 aromatic heterocycles. The van der Waals surface area contributed by atoms with Crippen molar-refractivity contribution in [2.75, 3.05) is 6.61 Å². The van der Waals surface area contributed by atoms with Crippen molar-refractivity contribution in [3.05, 3.63) is 36.0 Å². The van der Waals surface area contributed by atoms with E-state index >= 15 is 0 Å². The number of carbonyl (C=O) groups is 2. The third-order valence-corrected chi connectivity index (χ3v) is 9.98. The Morgan fingerprint density at radius 3 is 2.38 bits per heavy atom. The first kappa shape index (κ1) is 34.5. The summed E-state index contributed by atoms with van der Waals surface area (Å²) in [7, 11) is 0. The predicted molar refractivity (Wildman–Crippen MR) is 161 cm³/mol. The van der Waals surface area contributed by atoms with Gasteiger partial charge in [0, 0.05) is 25.9 Å². The van der Waals surface area contributed by atoms with Crippen molar-refractivity contribution in [3.8, 4) is 0 Å². The summed E-state index contributed by atoms with van der Waals surface area (Å²) in [4.78, 5) is 25.6. The molecule has 9 atom stereocenters. The van der Waals surface area contributed by atoms with Crippen molar-refractivity contribution in [2.45, 2.75) is 137 Å². The molecule has 1 heterocycles. The zero-order chi connectivity index (χ0) is 31.1. The summed E-state index contributed by atoms with van der Waals surface area (Å²) >= 11 is 0. The van der Waals surface area contributed by atoms with Gasteiger partial charge in [-0.3, -0.25) is 9.59 Å². The molecule has 2 aliphatic carbocycles. The van der Waals surface area contributed by atoms with Crippen molar-refractivity contribution in [1.82, 2.24) is 0 Å². The highest BCUT2D eigenvalue weighted by Crippen LogP contribution is 2.67. The molecule has 0 amide bonds. The summed E-state index contributed by atoms with van der Waals surface area (Å²) in [5.41, 5.74) is -0.319. The van der Waals surface area contributed by atoms with E-state index in [0.29, 0.717) is 25.0 Å². The van der Waals surface area contributed by atoms with Gasteiger partial charge < -0.3 is 29.2 Å². The van der Waals surface area contributed by atoms with E-state index in [1.165, 1.54) is 32.6 Å². The lowest BCUT2D eigenvalue weighted by atomic mass is 9.44. The van der Waals surface area contributed by atoms with Crippen LogP contribution in [0.1, 0.15) is 106 Å². The van der Waals surface area contributed by atoms with Gasteiger partial charge in [0.1, 0.15) is 12.2 Å². The number of carbonyl (C=O) groups excluding carboxylic acids is 2. The van der Waals surface area contributed by atoms with Gasteiger partial charge in [-0.05, 0) is 50.0 Å². The number of aliphatic hydroxyl groups excluding tert-OH is 2. The van der Waals surface area contributed by atoms with Crippen LogP contribution >= 0.6 is 0 Å².